The molecule has 0 spiro atoms. The number of hydrogen-bond donors (Lipinski definition) is 1. The maximum atomic E-state index is 5.74. The van der Waals surface area contributed by atoms with Crippen LogP contribution in [0.5, 0.6) is 5.75 Å². The first-order chi connectivity index (χ1) is 7.24. The van der Waals surface area contributed by atoms with Crippen LogP contribution in [0.15, 0.2) is 16.6 Å². The summed E-state index contributed by atoms with van der Waals surface area (Å²) in [6, 6.07) is 5.40. The van der Waals surface area contributed by atoms with Crippen LogP contribution in [0.1, 0.15) is 30.0 Å². The quantitative estimate of drug-likeness (QED) is 0.890. The van der Waals surface area contributed by atoms with Gasteiger partial charge in [-0.1, -0.05) is 15.9 Å². The fourth-order valence-electron chi connectivity index (χ4n) is 2.14. The lowest BCUT2D eigenvalue weighted by Gasteiger charge is -2.10. The summed E-state index contributed by atoms with van der Waals surface area (Å²) < 4.78 is 6.89. The van der Waals surface area contributed by atoms with E-state index in [-0.39, 0.29) is 0 Å². The van der Waals surface area contributed by atoms with E-state index < -0.39 is 0 Å². The monoisotopic (exact) mass is 267 g/mol. The lowest BCUT2D eigenvalue weighted by atomic mass is 10.1. The standard InChI is InChI=1S/C12H14BrNO/c1-7-4-8(13)5-10-11(6-15-12(7)10)14-9-2-3-9/h4-5,9,11,14H,2-3,6H2,1H3. The van der Waals surface area contributed by atoms with Crippen molar-refractivity contribution in [1.82, 2.24) is 5.32 Å². The van der Waals surface area contributed by atoms with E-state index in [9.17, 15) is 0 Å². The highest BCUT2D eigenvalue weighted by atomic mass is 79.9. The highest BCUT2D eigenvalue weighted by Gasteiger charge is 2.31. The fraction of sp³-hybridized carbons (Fsp3) is 0.500. The molecule has 1 aliphatic heterocycles. The first-order valence-electron chi connectivity index (χ1n) is 5.43. The largest absolute Gasteiger partial charge is 0.491 e. The molecule has 1 aliphatic carbocycles. The summed E-state index contributed by atoms with van der Waals surface area (Å²) in [4.78, 5) is 0. The van der Waals surface area contributed by atoms with Gasteiger partial charge < -0.3 is 10.1 Å². The zero-order valence-corrected chi connectivity index (χ0v) is 10.3. The van der Waals surface area contributed by atoms with Gasteiger partial charge in [-0.3, -0.25) is 0 Å². The molecule has 15 heavy (non-hydrogen) atoms. The van der Waals surface area contributed by atoms with Crippen molar-refractivity contribution >= 4 is 15.9 Å². The molecule has 2 nitrogen and oxygen atoms in total. The number of fused-ring (bicyclic) bond motifs is 1. The third kappa shape index (κ3) is 1.79. The summed E-state index contributed by atoms with van der Waals surface area (Å²) in [5, 5.41) is 3.62. The van der Waals surface area contributed by atoms with Crippen LogP contribution >= 0.6 is 15.9 Å². The molecule has 0 amide bonds. The van der Waals surface area contributed by atoms with Gasteiger partial charge in [-0.15, -0.1) is 0 Å². The number of ether oxygens (including phenoxy) is 1. The summed E-state index contributed by atoms with van der Waals surface area (Å²) in [6.45, 7) is 2.88. The molecule has 80 valence electrons. The Hall–Kier alpha value is -0.540. The number of aryl methyl sites for hydroxylation is 1. The molecule has 1 unspecified atom stereocenters. The van der Waals surface area contributed by atoms with E-state index in [0.29, 0.717) is 6.04 Å². The first-order valence-corrected chi connectivity index (χ1v) is 6.22. The zero-order valence-electron chi connectivity index (χ0n) is 8.72. The van der Waals surface area contributed by atoms with Crippen molar-refractivity contribution in [3.05, 3.63) is 27.7 Å². The van der Waals surface area contributed by atoms with E-state index in [4.69, 9.17) is 4.74 Å². The average Bonchev–Trinajstić information content (AvgIpc) is 2.89. The lowest BCUT2D eigenvalue weighted by Crippen LogP contribution is -2.24. The fourth-order valence-corrected chi connectivity index (χ4v) is 2.73. The summed E-state index contributed by atoms with van der Waals surface area (Å²) >= 11 is 3.54. The van der Waals surface area contributed by atoms with Gasteiger partial charge in [0, 0.05) is 16.1 Å². The summed E-state index contributed by atoms with van der Waals surface area (Å²) in [6.07, 6.45) is 2.64. The number of hydrogen-bond acceptors (Lipinski definition) is 2. The predicted octanol–water partition coefficient (Wildman–Crippen LogP) is 2.94. The molecule has 1 aromatic carbocycles. The Morgan fingerprint density at radius 1 is 1.40 bits per heavy atom. The molecular formula is C12H14BrNO. The highest BCUT2D eigenvalue weighted by Crippen LogP contribution is 2.39. The minimum absolute atomic E-state index is 0.392. The molecule has 1 aromatic rings. The number of rotatable bonds is 2. The van der Waals surface area contributed by atoms with Crippen LogP contribution in [-0.2, 0) is 0 Å². The minimum Gasteiger partial charge on any atom is -0.491 e. The molecule has 1 atom stereocenters. The van der Waals surface area contributed by atoms with E-state index >= 15 is 0 Å². The summed E-state index contributed by atoms with van der Waals surface area (Å²) in [5.74, 6) is 1.08. The van der Waals surface area contributed by atoms with Crippen molar-refractivity contribution in [3.63, 3.8) is 0 Å². The van der Waals surface area contributed by atoms with Gasteiger partial charge in [0.25, 0.3) is 0 Å². The maximum absolute atomic E-state index is 5.74. The second kappa shape index (κ2) is 3.49. The Morgan fingerprint density at radius 3 is 2.93 bits per heavy atom. The van der Waals surface area contributed by atoms with Gasteiger partial charge in [-0.25, -0.2) is 0 Å². The van der Waals surface area contributed by atoms with Crippen molar-refractivity contribution in [2.45, 2.75) is 31.8 Å². The Balaban J connectivity index is 1.93. The van der Waals surface area contributed by atoms with Gasteiger partial charge in [0.05, 0.1) is 6.04 Å². The van der Waals surface area contributed by atoms with Crippen LogP contribution in [-0.4, -0.2) is 12.6 Å². The topological polar surface area (TPSA) is 21.3 Å². The van der Waals surface area contributed by atoms with E-state index in [2.05, 4.69) is 40.3 Å². The zero-order chi connectivity index (χ0) is 10.4. The Morgan fingerprint density at radius 2 is 2.20 bits per heavy atom. The molecule has 0 aromatic heterocycles. The lowest BCUT2D eigenvalue weighted by molar-refractivity contribution is 0.309. The van der Waals surface area contributed by atoms with Crippen molar-refractivity contribution in [2.75, 3.05) is 6.61 Å². The Kier molecular flexibility index (Phi) is 2.25. The van der Waals surface area contributed by atoms with Crippen LogP contribution in [0.2, 0.25) is 0 Å². The highest BCUT2D eigenvalue weighted by molar-refractivity contribution is 9.10. The minimum atomic E-state index is 0.392. The number of halogens is 1. The van der Waals surface area contributed by atoms with Crippen molar-refractivity contribution in [2.24, 2.45) is 0 Å². The van der Waals surface area contributed by atoms with Crippen LogP contribution < -0.4 is 10.1 Å². The molecule has 0 radical (unpaired) electrons. The molecule has 1 fully saturated rings. The third-order valence-electron chi connectivity index (χ3n) is 3.05. The van der Waals surface area contributed by atoms with Crippen LogP contribution in [0.25, 0.3) is 0 Å². The van der Waals surface area contributed by atoms with Gasteiger partial charge in [0.15, 0.2) is 0 Å². The van der Waals surface area contributed by atoms with Crippen molar-refractivity contribution < 1.29 is 4.74 Å². The Labute approximate surface area is 98.1 Å². The van der Waals surface area contributed by atoms with Crippen LogP contribution in [0, 0.1) is 6.92 Å². The third-order valence-corrected chi connectivity index (χ3v) is 3.51. The molecule has 3 rings (SSSR count). The van der Waals surface area contributed by atoms with E-state index in [0.717, 1.165) is 22.9 Å². The van der Waals surface area contributed by atoms with Gasteiger partial charge in [0.1, 0.15) is 12.4 Å². The van der Waals surface area contributed by atoms with Crippen LogP contribution in [0.4, 0.5) is 0 Å². The van der Waals surface area contributed by atoms with E-state index in [1.54, 1.807) is 0 Å². The van der Waals surface area contributed by atoms with Gasteiger partial charge >= 0.3 is 0 Å². The molecule has 3 heteroatoms. The van der Waals surface area contributed by atoms with Crippen molar-refractivity contribution in [3.8, 4) is 5.75 Å². The molecule has 1 heterocycles. The van der Waals surface area contributed by atoms with Crippen LogP contribution in [0.3, 0.4) is 0 Å². The van der Waals surface area contributed by atoms with Crippen molar-refractivity contribution in [1.29, 1.82) is 0 Å². The molecule has 0 saturated heterocycles. The first kappa shape index (κ1) is 9.67. The van der Waals surface area contributed by atoms with Gasteiger partial charge in [-0.05, 0) is 37.5 Å². The number of nitrogens with one attached hydrogen (secondary N) is 1. The van der Waals surface area contributed by atoms with Gasteiger partial charge in [0.2, 0.25) is 0 Å². The molecular weight excluding hydrogens is 254 g/mol. The predicted molar refractivity (Wildman–Crippen MR) is 63.3 cm³/mol. The Bertz CT molecular complexity index is 401. The maximum Gasteiger partial charge on any atom is 0.127 e. The molecule has 0 bridgehead atoms. The second-order valence-corrected chi connectivity index (χ2v) is 5.36. The van der Waals surface area contributed by atoms with E-state index in [1.807, 2.05) is 0 Å². The second-order valence-electron chi connectivity index (χ2n) is 4.45. The molecule has 2 aliphatic rings. The van der Waals surface area contributed by atoms with E-state index in [1.165, 1.54) is 24.0 Å². The summed E-state index contributed by atoms with van der Waals surface area (Å²) in [5.41, 5.74) is 2.54. The number of benzene rings is 1. The SMILES string of the molecule is Cc1cc(Br)cc2c1OCC2NC1CC1. The average molecular weight is 268 g/mol. The normalized spacial score (nSPS) is 23.7. The molecule has 1 saturated carbocycles. The summed E-state index contributed by atoms with van der Waals surface area (Å²) in [7, 11) is 0. The smallest absolute Gasteiger partial charge is 0.127 e. The molecule has 1 N–H and O–H groups in total. The van der Waals surface area contributed by atoms with Gasteiger partial charge in [-0.2, -0.15) is 0 Å².